The Bertz CT molecular complexity index is 921. The van der Waals surface area contributed by atoms with Gasteiger partial charge in [0.1, 0.15) is 0 Å². The molecule has 0 radical (unpaired) electrons. The van der Waals surface area contributed by atoms with Crippen LogP contribution < -0.4 is 4.90 Å². The number of likely N-dealkylation sites (tertiary alicyclic amines) is 1. The SMILES string of the molecule is Cc1ccc(-c2cc([C@H]3CCN(Cc4cccnc4)C3)nc(N(C)C)n2)cc1. The average Bonchev–Trinajstić information content (AvgIpc) is 3.17. The van der Waals surface area contributed by atoms with Crippen LogP contribution in [-0.4, -0.2) is 47.0 Å². The Balaban J connectivity index is 1.57. The van der Waals surface area contributed by atoms with Gasteiger partial charge in [-0.05, 0) is 37.6 Å². The first-order valence-electron chi connectivity index (χ1n) is 9.83. The highest BCUT2D eigenvalue weighted by molar-refractivity contribution is 5.61. The Kier molecular flexibility index (Phi) is 5.35. The molecule has 1 fully saturated rings. The molecule has 4 rings (SSSR count). The van der Waals surface area contributed by atoms with Gasteiger partial charge in [-0.3, -0.25) is 9.88 Å². The zero-order valence-electron chi connectivity index (χ0n) is 16.8. The van der Waals surface area contributed by atoms with Crippen LogP contribution in [0, 0.1) is 6.92 Å². The summed E-state index contributed by atoms with van der Waals surface area (Å²) in [5.74, 6) is 1.21. The third-order valence-electron chi connectivity index (χ3n) is 5.30. The molecule has 0 spiro atoms. The van der Waals surface area contributed by atoms with Crippen molar-refractivity contribution in [3.8, 4) is 11.3 Å². The highest BCUT2D eigenvalue weighted by Crippen LogP contribution is 2.30. The minimum Gasteiger partial charge on any atom is -0.347 e. The lowest BCUT2D eigenvalue weighted by atomic mass is 10.0. The van der Waals surface area contributed by atoms with Crippen molar-refractivity contribution in [3.63, 3.8) is 0 Å². The minimum absolute atomic E-state index is 0.433. The molecule has 3 heterocycles. The molecular weight excluding hydrogens is 346 g/mol. The van der Waals surface area contributed by atoms with Crippen LogP contribution in [0.3, 0.4) is 0 Å². The maximum atomic E-state index is 4.88. The van der Waals surface area contributed by atoms with E-state index in [-0.39, 0.29) is 0 Å². The van der Waals surface area contributed by atoms with Crippen LogP contribution in [0.15, 0.2) is 54.9 Å². The van der Waals surface area contributed by atoms with Crippen molar-refractivity contribution in [1.82, 2.24) is 19.9 Å². The van der Waals surface area contributed by atoms with Crippen molar-refractivity contribution in [3.05, 3.63) is 71.7 Å². The maximum absolute atomic E-state index is 4.88. The molecule has 3 aromatic rings. The molecule has 1 aliphatic rings. The molecule has 5 nitrogen and oxygen atoms in total. The molecule has 1 aliphatic heterocycles. The number of pyridine rings is 1. The van der Waals surface area contributed by atoms with E-state index in [1.165, 1.54) is 11.1 Å². The average molecular weight is 374 g/mol. The van der Waals surface area contributed by atoms with E-state index in [0.29, 0.717) is 5.92 Å². The van der Waals surface area contributed by atoms with E-state index in [2.05, 4.69) is 53.2 Å². The van der Waals surface area contributed by atoms with E-state index in [0.717, 1.165) is 49.0 Å². The Morgan fingerprint density at radius 1 is 1.11 bits per heavy atom. The van der Waals surface area contributed by atoms with E-state index in [1.54, 1.807) is 0 Å². The molecule has 144 valence electrons. The van der Waals surface area contributed by atoms with Crippen molar-refractivity contribution >= 4 is 5.95 Å². The van der Waals surface area contributed by atoms with Gasteiger partial charge >= 0.3 is 0 Å². The lowest BCUT2D eigenvalue weighted by Crippen LogP contribution is -2.20. The van der Waals surface area contributed by atoms with Gasteiger partial charge in [0.05, 0.1) is 11.4 Å². The number of hydrogen-bond donors (Lipinski definition) is 0. The fourth-order valence-electron chi connectivity index (χ4n) is 3.70. The van der Waals surface area contributed by atoms with Crippen LogP contribution in [0.2, 0.25) is 0 Å². The monoisotopic (exact) mass is 373 g/mol. The zero-order valence-corrected chi connectivity index (χ0v) is 16.8. The number of aromatic nitrogens is 3. The summed E-state index contributed by atoms with van der Waals surface area (Å²) in [5.41, 5.74) is 5.80. The van der Waals surface area contributed by atoms with Crippen LogP contribution in [0.25, 0.3) is 11.3 Å². The van der Waals surface area contributed by atoms with Gasteiger partial charge in [0, 0.05) is 51.1 Å². The van der Waals surface area contributed by atoms with Gasteiger partial charge in [0.2, 0.25) is 5.95 Å². The van der Waals surface area contributed by atoms with Crippen LogP contribution in [0.4, 0.5) is 5.95 Å². The Labute approximate surface area is 167 Å². The number of hydrogen-bond acceptors (Lipinski definition) is 5. The molecule has 0 bridgehead atoms. The summed E-state index contributed by atoms with van der Waals surface area (Å²) in [4.78, 5) is 18.4. The van der Waals surface area contributed by atoms with E-state index in [4.69, 9.17) is 9.97 Å². The first-order chi connectivity index (χ1) is 13.6. The van der Waals surface area contributed by atoms with Crippen molar-refractivity contribution in [2.75, 3.05) is 32.1 Å². The van der Waals surface area contributed by atoms with Gasteiger partial charge in [-0.2, -0.15) is 0 Å². The van der Waals surface area contributed by atoms with E-state index >= 15 is 0 Å². The zero-order chi connectivity index (χ0) is 19.5. The summed E-state index contributed by atoms with van der Waals surface area (Å²) in [6, 6.07) is 14.9. The Morgan fingerprint density at radius 3 is 2.64 bits per heavy atom. The molecule has 1 saturated heterocycles. The highest BCUT2D eigenvalue weighted by atomic mass is 15.2. The molecule has 2 aromatic heterocycles. The normalized spacial score (nSPS) is 17.0. The molecule has 1 atom stereocenters. The number of aryl methyl sites for hydroxylation is 1. The summed E-state index contributed by atoms with van der Waals surface area (Å²) in [6.45, 7) is 5.16. The number of rotatable bonds is 5. The summed E-state index contributed by atoms with van der Waals surface area (Å²) < 4.78 is 0. The third-order valence-corrected chi connectivity index (χ3v) is 5.30. The second kappa shape index (κ2) is 8.07. The van der Waals surface area contributed by atoms with Gasteiger partial charge in [0.25, 0.3) is 0 Å². The molecule has 0 saturated carbocycles. The summed E-state index contributed by atoms with van der Waals surface area (Å²) in [5, 5.41) is 0. The second-order valence-electron chi connectivity index (χ2n) is 7.82. The van der Waals surface area contributed by atoms with Crippen molar-refractivity contribution in [2.24, 2.45) is 0 Å². The Morgan fingerprint density at radius 2 is 1.93 bits per heavy atom. The lowest BCUT2D eigenvalue weighted by Gasteiger charge is -2.18. The fourth-order valence-corrected chi connectivity index (χ4v) is 3.70. The van der Waals surface area contributed by atoms with Gasteiger partial charge < -0.3 is 4.90 Å². The minimum atomic E-state index is 0.433. The molecule has 28 heavy (non-hydrogen) atoms. The fraction of sp³-hybridized carbons (Fsp3) is 0.348. The predicted octanol–water partition coefficient (Wildman–Crippen LogP) is 3.90. The number of nitrogens with zero attached hydrogens (tertiary/aromatic N) is 5. The van der Waals surface area contributed by atoms with Gasteiger partial charge in [-0.25, -0.2) is 9.97 Å². The molecular formula is C23H27N5. The number of benzene rings is 1. The molecule has 0 unspecified atom stereocenters. The predicted molar refractivity (Wildman–Crippen MR) is 113 cm³/mol. The second-order valence-corrected chi connectivity index (χ2v) is 7.82. The van der Waals surface area contributed by atoms with Crippen LogP contribution in [-0.2, 0) is 6.54 Å². The van der Waals surface area contributed by atoms with E-state index in [9.17, 15) is 0 Å². The molecule has 5 heteroatoms. The van der Waals surface area contributed by atoms with Gasteiger partial charge in [-0.15, -0.1) is 0 Å². The van der Waals surface area contributed by atoms with Crippen LogP contribution in [0.1, 0.15) is 29.2 Å². The van der Waals surface area contributed by atoms with Crippen LogP contribution >= 0.6 is 0 Å². The molecule has 0 aliphatic carbocycles. The summed E-state index contributed by atoms with van der Waals surface area (Å²) in [6.07, 6.45) is 4.90. The largest absolute Gasteiger partial charge is 0.347 e. The van der Waals surface area contributed by atoms with Crippen molar-refractivity contribution in [1.29, 1.82) is 0 Å². The highest BCUT2D eigenvalue weighted by Gasteiger charge is 2.26. The summed E-state index contributed by atoms with van der Waals surface area (Å²) in [7, 11) is 4.00. The van der Waals surface area contributed by atoms with Crippen molar-refractivity contribution < 1.29 is 0 Å². The summed E-state index contributed by atoms with van der Waals surface area (Å²) >= 11 is 0. The molecule has 0 amide bonds. The van der Waals surface area contributed by atoms with Gasteiger partial charge in [-0.1, -0.05) is 35.9 Å². The topological polar surface area (TPSA) is 45.2 Å². The molecule has 1 aromatic carbocycles. The van der Waals surface area contributed by atoms with E-state index < -0.39 is 0 Å². The lowest BCUT2D eigenvalue weighted by molar-refractivity contribution is 0.326. The first-order valence-corrected chi connectivity index (χ1v) is 9.83. The van der Waals surface area contributed by atoms with Gasteiger partial charge in [0.15, 0.2) is 0 Å². The Hall–Kier alpha value is -2.79. The first kappa shape index (κ1) is 18.6. The quantitative estimate of drug-likeness (QED) is 0.679. The third kappa shape index (κ3) is 4.20. The maximum Gasteiger partial charge on any atom is 0.225 e. The van der Waals surface area contributed by atoms with E-state index in [1.807, 2.05) is 37.5 Å². The molecule has 0 N–H and O–H groups in total. The number of anilines is 1. The van der Waals surface area contributed by atoms with Crippen molar-refractivity contribution in [2.45, 2.75) is 25.8 Å². The standard InChI is InChI=1S/C23H27N5/c1-17-6-8-19(9-7-17)21-13-22(26-23(25-21)27(2)3)20-10-12-28(16-20)15-18-5-4-11-24-14-18/h4-9,11,13-14,20H,10,12,15-16H2,1-3H3/t20-/m0/s1. The van der Waals surface area contributed by atoms with Crippen LogP contribution in [0.5, 0.6) is 0 Å². The smallest absolute Gasteiger partial charge is 0.225 e.